The summed E-state index contributed by atoms with van der Waals surface area (Å²) in [4.78, 5) is 15.1. The maximum Gasteiger partial charge on any atom is 0.347 e. The second kappa shape index (κ2) is 5.53. The Labute approximate surface area is 115 Å². The Kier molecular flexibility index (Phi) is 4.19. The molecule has 106 valence electrons. The summed E-state index contributed by atoms with van der Waals surface area (Å²) in [6.45, 7) is 2.69. The third kappa shape index (κ3) is 3.30. The van der Waals surface area contributed by atoms with Crippen LogP contribution in [0.2, 0.25) is 0 Å². The summed E-state index contributed by atoms with van der Waals surface area (Å²) in [5, 5.41) is 9.36. The summed E-state index contributed by atoms with van der Waals surface area (Å²) >= 11 is 0.995. The summed E-state index contributed by atoms with van der Waals surface area (Å²) in [7, 11) is -3.48. The zero-order valence-corrected chi connectivity index (χ0v) is 12.1. The molecule has 19 heavy (non-hydrogen) atoms. The van der Waals surface area contributed by atoms with E-state index in [1.54, 1.807) is 6.92 Å². The van der Waals surface area contributed by atoms with Crippen LogP contribution in [-0.4, -0.2) is 41.9 Å². The maximum atomic E-state index is 11.9. The molecule has 0 amide bonds. The highest BCUT2D eigenvalue weighted by atomic mass is 32.2. The second-order valence-electron chi connectivity index (χ2n) is 4.26. The van der Waals surface area contributed by atoms with Crippen molar-refractivity contribution in [2.45, 2.75) is 26.3 Å². The van der Waals surface area contributed by atoms with Crippen molar-refractivity contribution in [1.82, 2.24) is 14.0 Å². The first-order valence-corrected chi connectivity index (χ1v) is 8.10. The summed E-state index contributed by atoms with van der Waals surface area (Å²) in [5.41, 5.74) is 0.410. The van der Waals surface area contributed by atoms with E-state index in [0.29, 0.717) is 23.8 Å². The molecule has 7 nitrogen and oxygen atoms in total. The van der Waals surface area contributed by atoms with Gasteiger partial charge in [0.25, 0.3) is 10.2 Å². The number of carbonyl (C=O) groups is 1. The number of hydrogen-bond acceptors (Lipinski definition) is 5. The summed E-state index contributed by atoms with van der Waals surface area (Å²) in [6, 6.07) is 0. The molecule has 0 saturated carbocycles. The Bertz CT molecular complexity index is 576. The number of carboxylic acid groups (broad SMARTS) is 1. The quantitative estimate of drug-likeness (QED) is 0.829. The van der Waals surface area contributed by atoms with Crippen molar-refractivity contribution in [2.24, 2.45) is 0 Å². The molecular formula is C10H15N3O4S2. The lowest BCUT2D eigenvalue weighted by molar-refractivity contribution is 0.0701. The van der Waals surface area contributed by atoms with E-state index in [1.165, 1.54) is 4.31 Å². The molecule has 0 unspecified atom stereocenters. The molecule has 1 saturated heterocycles. The van der Waals surface area contributed by atoms with Crippen LogP contribution in [0.5, 0.6) is 0 Å². The van der Waals surface area contributed by atoms with Crippen molar-refractivity contribution in [3.63, 3.8) is 0 Å². The Balaban J connectivity index is 2.02. The molecule has 2 N–H and O–H groups in total. The topological polar surface area (TPSA) is 99.6 Å². The molecule has 1 aliphatic heterocycles. The summed E-state index contributed by atoms with van der Waals surface area (Å²) in [6.07, 6.45) is 1.75. The molecule has 0 aliphatic carbocycles. The zero-order valence-electron chi connectivity index (χ0n) is 10.4. The fourth-order valence-electron chi connectivity index (χ4n) is 1.90. The average molecular weight is 305 g/mol. The van der Waals surface area contributed by atoms with E-state index in [2.05, 4.69) is 9.71 Å². The normalized spacial score (nSPS) is 16.9. The van der Waals surface area contributed by atoms with Gasteiger partial charge in [0.15, 0.2) is 0 Å². The number of hydrogen-bond donors (Lipinski definition) is 2. The van der Waals surface area contributed by atoms with Gasteiger partial charge in [-0.1, -0.05) is 0 Å². The molecular weight excluding hydrogens is 290 g/mol. The van der Waals surface area contributed by atoms with Gasteiger partial charge in [-0.15, -0.1) is 11.3 Å². The molecule has 1 aromatic heterocycles. The Hall–Kier alpha value is -1.03. The average Bonchev–Trinajstić information content (AvgIpc) is 2.95. The van der Waals surface area contributed by atoms with E-state index in [1.807, 2.05) is 0 Å². The Morgan fingerprint density at radius 1 is 1.47 bits per heavy atom. The fourth-order valence-corrected chi connectivity index (χ4v) is 4.07. The van der Waals surface area contributed by atoms with Gasteiger partial charge in [0.2, 0.25) is 0 Å². The molecule has 0 bridgehead atoms. The van der Waals surface area contributed by atoms with Gasteiger partial charge >= 0.3 is 5.97 Å². The Morgan fingerprint density at radius 3 is 2.63 bits per heavy atom. The van der Waals surface area contributed by atoms with E-state index in [4.69, 9.17) is 5.11 Å². The molecule has 0 radical (unpaired) electrons. The van der Waals surface area contributed by atoms with Crippen LogP contribution in [-0.2, 0) is 16.8 Å². The van der Waals surface area contributed by atoms with Crippen LogP contribution in [0, 0.1) is 6.92 Å². The minimum Gasteiger partial charge on any atom is -0.477 e. The van der Waals surface area contributed by atoms with Gasteiger partial charge in [0, 0.05) is 13.1 Å². The van der Waals surface area contributed by atoms with Crippen molar-refractivity contribution in [3.8, 4) is 0 Å². The number of carboxylic acids is 1. The van der Waals surface area contributed by atoms with Crippen molar-refractivity contribution in [3.05, 3.63) is 15.6 Å². The van der Waals surface area contributed by atoms with Crippen LogP contribution < -0.4 is 4.72 Å². The molecule has 2 heterocycles. The van der Waals surface area contributed by atoms with Crippen LogP contribution >= 0.6 is 11.3 Å². The lowest BCUT2D eigenvalue weighted by atomic mass is 10.4. The van der Waals surface area contributed by atoms with Crippen molar-refractivity contribution in [1.29, 1.82) is 0 Å². The van der Waals surface area contributed by atoms with Crippen molar-refractivity contribution in [2.75, 3.05) is 13.1 Å². The third-order valence-corrected chi connectivity index (χ3v) is 5.55. The van der Waals surface area contributed by atoms with Gasteiger partial charge in [0.1, 0.15) is 9.88 Å². The van der Waals surface area contributed by atoms with Gasteiger partial charge in [0.05, 0.1) is 12.2 Å². The second-order valence-corrected chi connectivity index (χ2v) is 7.10. The fraction of sp³-hybridized carbons (Fsp3) is 0.600. The standard InChI is InChI=1S/C10H15N3O4S2/c1-7-9(10(14)15)18-8(12-7)6-11-19(16,17)13-4-2-3-5-13/h11H,2-6H2,1H3,(H,14,15). The number of nitrogens with zero attached hydrogens (tertiary/aromatic N) is 2. The lowest BCUT2D eigenvalue weighted by Gasteiger charge is -2.15. The predicted molar refractivity (Wildman–Crippen MR) is 70.4 cm³/mol. The van der Waals surface area contributed by atoms with Crippen LogP contribution in [0.1, 0.15) is 33.2 Å². The highest BCUT2D eigenvalue weighted by molar-refractivity contribution is 7.87. The van der Waals surface area contributed by atoms with Crippen LogP contribution in [0.25, 0.3) is 0 Å². The van der Waals surface area contributed by atoms with Gasteiger partial charge in [-0.2, -0.15) is 17.4 Å². The zero-order chi connectivity index (χ0) is 14.0. The SMILES string of the molecule is Cc1nc(CNS(=O)(=O)N2CCCC2)sc1C(=O)O. The van der Waals surface area contributed by atoms with E-state index in [-0.39, 0.29) is 11.4 Å². The van der Waals surface area contributed by atoms with Crippen LogP contribution in [0.15, 0.2) is 0 Å². The van der Waals surface area contributed by atoms with Crippen molar-refractivity contribution < 1.29 is 18.3 Å². The molecule has 0 spiro atoms. The molecule has 0 aromatic carbocycles. The number of thiazole rings is 1. The third-order valence-electron chi connectivity index (χ3n) is 2.85. The summed E-state index contributed by atoms with van der Waals surface area (Å²) in [5.74, 6) is -1.04. The number of rotatable bonds is 5. The van der Waals surface area contributed by atoms with E-state index in [9.17, 15) is 13.2 Å². The maximum absolute atomic E-state index is 11.9. The monoisotopic (exact) mass is 305 g/mol. The number of aromatic nitrogens is 1. The van der Waals surface area contributed by atoms with Gasteiger partial charge in [-0.3, -0.25) is 0 Å². The van der Waals surface area contributed by atoms with Crippen LogP contribution in [0.4, 0.5) is 0 Å². The van der Waals surface area contributed by atoms with E-state index >= 15 is 0 Å². The molecule has 1 aliphatic rings. The molecule has 1 aromatic rings. The molecule has 0 atom stereocenters. The lowest BCUT2D eigenvalue weighted by Crippen LogP contribution is -2.38. The van der Waals surface area contributed by atoms with Gasteiger partial charge in [-0.25, -0.2) is 9.78 Å². The Morgan fingerprint density at radius 2 is 2.11 bits per heavy atom. The minimum absolute atomic E-state index is 0.0254. The van der Waals surface area contributed by atoms with Crippen LogP contribution in [0.3, 0.4) is 0 Å². The van der Waals surface area contributed by atoms with Crippen molar-refractivity contribution >= 4 is 27.5 Å². The highest BCUT2D eigenvalue weighted by Gasteiger charge is 2.25. The summed E-state index contributed by atoms with van der Waals surface area (Å²) < 4.78 is 27.7. The van der Waals surface area contributed by atoms with E-state index < -0.39 is 16.2 Å². The number of aryl methyl sites for hydroxylation is 1. The molecule has 2 rings (SSSR count). The van der Waals surface area contributed by atoms with Gasteiger partial charge in [-0.05, 0) is 19.8 Å². The first kappa shape index (κ1) is 14.4. The van der Waals surface area contributed by atoms with Gasteiger partial charge < -0.3 is 5.11 Å². The molecule has 1 fully saturated rings. The predicted octanol–water partition coefficient (Wildman–Crippen LogP) is 0.580. The first-order chi connectivity index (χ1) is 8.90. The first-order valence-electron chi connectivity index (χ1n) is 5.84. The largest absolute Gasteiger partial charge is 0.477 e. The number of nitrogens with one attached hydrogen (secondary N) is 1. The molecule has 9 heteroatoms. The highest BCUT2D eigenvalue weighted by Crippen LogP contribution is 2.18. The minimum atomic E-state index is -3.48. The number of aromatic carboxylic acids is 1. The van der Waals surface area contributed by atoms with E-state index in [0.717, 1.165) is 24.2 Å². The smallest absolute Gasteiger partial charge is 0.347 e.